The summed E-state index contributed by atoms with van der Waals surface area (Å²) in [6, 6.07) is -0.796. The van der Waals surface area contributed by atoms with Crippen molar-refractivity contribution in [3.05, 3.63) is 15.6 Å². The minimum absolute atomic E-state index is 0.602. The molecule has 1 aliphatic heterocycles. The fourth-order valence-corrected chi connectivity index (χ4v) is 2.60. The molecular formula is C8H10F2N2S. The lowest BCUT2D eigenvalue weighted by Crippen LogP contribution is -2.33. The van der Waals surface area contributed by atoms with E-state index in [-0.39, 0.29) is 0 Å². The van der Waals surface area contributed by atoms with Crippen LogP contribution in [0.4, 0.5) is 8.78 Å². The number of nitrogens with zero attached hydrogens (tertiary/aromatic N) is 1. The van der Waals surface area contributed by atoms with Gasteiger partial charge in [0, 0.05) is 13.0 Å². The van der Waals surface area contributed by atoms with Crippen LogP contribution in [-0.4, -0.2) is 18.0 Å². The van der Waals surface area contributed by atoms with E-state index in [9.17, 15) is 8.78 Å². The summed E-state index contributed by atoms with van der Waals surface area (Å²) in [4.78, 5) is 4.95. The van der Waals surface area contributed by atoms with E-state index >= 15 is 0 Å². The van der Waals surface area contributed by atoms with Crippen LogP contribution in [0.5, 0.6) is 0 Å². The average molecular weight is 204 g/mol. The molecule has 0 aliphatic carbocycles. The zero-order valence-corrected chi connectivity index (χ0v) is 8.00. The molecule has 0 radical (unpaired) electrons. The Morgan fingerprint density at radius 3 is 3.08 bits per heavy atom. The van der Waals surface area contributed by atoms with Crippen LogP contribution in [0.25, 0.3) is 0 Å². The molecule has 13 heavy (non-hydrogen) atoms. The Labute approximate surface area is 79.0 Å². The zero-order chi connectivity index (χ0) is 9.42. The van der Waals surface area contributed by atoms with Gasteiger partial charge >= 0.3 is 0 Å². The summed E-state index contributed by atoms with van der Waals surface area (Å²) in [5, 5.41) is 3.68. The van der Waals surface area contributed by atoms with Crippen molar-refractivity contribution in [3.8, 4) is 0 Å². The van der Waals surface area contributed by atoms with Crippen LogP contribution in [0.3, 0.4) is 0 Å². The van der Waals surface area contributed by atoms with E-state index in [1.54, 1.807) is 0 Å². The fourth-order valence-electron chi connectivity index (χ4n) is 1.55. The molecule has 1 N–H and O–H groups in total. The second kappa shape index (κ2) is 3.31. The lowest BCUT2D eigenvalue weighted by Gasteiger charge is -2.21. The molecular weight excluding hydrogens is 194 g/mol. The maximum Gasteiger partial charge on any atom is 0.258 e. The Balaban J connectivity index is 2.36. The smallest absolute Gasteiger partial charge is 0.258 e. The van der Waals surface area contributed by atoms with Gasteiger partial charge in [-0.2, -0.15) is 0 Å². The van der Waals surface area contributed by atoms with Gasteiger partial charge in [0.05, 0.1) is 15.6 Å². The highest BCUT2D eigenvalue weighted by atomic mass is 32.1. The highest BCUT2D eigenvalue weighted by molar-refractivity contribution is 7.11. The standard InChI is InChI=1S/C8H10F2N2S/c1-4-12-5-2-3-11-6(8(9)10)7(5)13-4/h6,8,11H,2-3H2,1H3. The number of halogens is 2. The minimum atomic E-state index is -2.33. The van der Waals surface area contributed by atoms with E-state index in [1.165, 1.54) is 11.3 Å². The Morgan fingerprint density at radius 2 is 2.38 bits per heavy atom. The van der Waals surface area contributed by atoms with E-state index in [2.05, 4.69) is 10.3 Å². The van der Waals surface area contributed by atoms with E-state index in [4.69, 9.17) is 0 Å². The summed E-state index contributed by atoms with van der Waals surface area (Å²) in [6.45, 7) is 2.46. The maximum atomic E-state index is 12.5. The molecule has 0 aromatic carbocycles. The van der Waals surface area contributed by atoms with Gasteiger partial charge in [-0.25, -0.2) is 13.8 Å². The predicted molar refractivity (Wildman–Crippen MR) is 47.3 cm³/mol. The maximum absolute atomic E-state index is 12.5. The summed E-state index contributed by atoms with van der Waals surface area (Å²) < 4.78 is 25.0. The first-order valence-corrected chi connectivity index (χ1v) is 4.98. The number of hydrogen-bond donors (Lipinski definition) is 1. The highest BCUT2D eigenvalue weighted by Gasteiger charge is 2.30. The molecule has 1 aromatic rings. The normalized spacial score (nSPS) is 22.0. The third-order valence-electron chi connectivity index (χ3n) is 2.09. The molecule has 0 saturated heterocycles. The largest absolute Gasteiger partial charge is 0.304 e. The molecule has 0 fully saturated rings. The van der Waals surface area contributed by atoms with Gasteiger partial charge in [-0.1, -0.05) is 0 Å². The number of fused-ring (bicyclic) bond motifs is 1. The van der Waals surface area contributed by atoms with Gasteiger partial charge in [-0.15, -0.1) is 11.3 Å². The van der Waals surface area contributed by atoms with E-state index in [0.29, 0.717) is 6.54 Å². The first-order valence-electron chi connectivity index (χ1n) is 4.16. The van der Waals surface area contributed by atoms with Crippen molar-refractivity contribution in [2.24, 2.45) is 0 Å². The van der Waals surface area contributed by atoms with E-state index in [0.717, 1.165) is 22.0 Å². The quantitative estimate of drug-likeness (QED) is 0.755. The molecule has 1 aromatic heterocycles. The van der Waals surface area contributed by atoms with Crippen molar-refractivity contribution >= 4 is 11.3 Å². The fraction of sp³-hybridized carbons (Fsp3) is 0.625. The monoisotopic (exact) mass is 204 g/mol. The molecule has 0 spiro atoms. The summed E-state index contributed by atoms with van der Waals surface area (Å²) in [5.74, 6) is 0. The Kier molecular flexibility index (Phi) is 2.29. The van der Waals surface area contributed by atoms with Crippen LogP contribution >= 0.6 is 11.3 Å². The van der Waals surface area contributed by atoms with Gasteiger partial charge in [0.2, 0.25) is 0 Å². The SMILES string of the molecule is Cc1nc2c(s1)C(C(F)F)NCC2. The summed E-state index contributed by atoms with van der Waals surface area (Å²) in [5.41, 5.74) is 0.853. The molecule has 2 nitrogen and oxygen atoms in total. The third-order valence-corrected chi connectivity index (χ3v) is 3.19. The van der Waals surface area contributed by atoms with Gasteiger partial charge in [-0.3, -0.25) is 0 Å². The molecule has 72 valence electrons. The molecule has 2 rings (SSSR count). The number of hydrogen-bond acceptors (Lipinski definition) is 3. The van der Waals surface area contributed by atoms with Crippen molar-refractivity contribution in [2.45, 2.75) is 25.8 Å². The molecule has 0 amide bonds. The topological polar surface area (TPSA) is 24.9 Å². The van der Waals surface area contributed by atoms with Crippen molar-refractivity contribution in [1.82, 2.24) is 10.3 Å². The first-order chi connectivity index (χ1) is 6.18. The number of rotatable bonds is 1. The van der Waals surface area contributed by atoms with Gasteiger partial charge in [0.25, 0.3) is 6.43 Å². The van der Waals surface area contributed by atoms with Crippen molar-refractivity contribution in [2.75, 3.05) is 6.54 Å². The van der Waals surface area contributed by atoms with E-state index < -0.39 is 12.5 Å². The molecule has 0 bridgehead atoms. The van der Waals surface area contributed by atoms with Crippen LogP contribution in [0.15, 0.2) is 0 Å². The lowest BCUT2D eigenvalue weighted by molar-refractivity contribution is 0.0968. The zero-order valence-electron chi connectivity index (χ0n) is 7.18. The Morgan fingerprint density at radius 1 is 1.62 bits per heavy atom. The lowest BCUT2D eigenvalue weighted by atomic mass is 10.1. The third kappa shape index (κ3) is 1.58. The number of alkyl halides is 2. The van der Waals surface area contributed by atoms with Gasteiger partial charge in [0.1, 0.15) is 6.04 Å². The van der Waals surface area contributed by atoms with Crippen LogP contribution < -0.4 is 5.32 Å². The predicted octanol–water partition coefficient (Wildman–Crippen LogP) is 1.90. The first kappa shape index (κ1) is 9.02. The molecule has 1 aliphatic rings. The molecule has 1 unspecified atom stereocenters. The number of aromatic nitrogens is 1. The summed E-state index contributed by atoms with van der Waals surface area (Å²) in [7, 11) is 0. The number of aryl methyl sites for hydroxylation is 1. The molecule has 0 saturated carbocycles. The van der Waals surface area contributed by atoms with Crippen LogP contribution in [0.2, 0.25) is 0 Å². The average Bonchev–Trinajstić information content (AvgIpc) is 2.43. The number of nitrogens with one attached hydrogen (secondary N) is 1. The van der Waals surface area contributed by atoms with Crippen molar-refractivity contribution in [1.29, 1.82) is 0 Å². The van der Waals surface area contributed by atoms with Gasteiger partial charge in [-0.05, 0) is 6.92 Å². The van der Waals surface area contributed by atoms with Crippen LogP contribution in [0.1, 0.15) is 21.6 Å². The summed E-state index contributed by atoms with van der Waals surface area (Å²) >= 11 is 1.37. The van der Waals surface area contributed by atoms with E-state index in [1.807, 2.05) is 6.92 Å². The summed E-state index contributed by atoms with van der Waals surface area (Å²) in [6.07, 6.45) is -1.57. The van der Waals surface area contributed by atoms with Gasteiger partial charge < -0.3 is 5.32 Å². The number of thiazole rings is 1. The molecule has 2 heterocycles. The Hall–Kier alpha value is -0.550. The van der Waals surface area contributed by atoms with Crippen LogP contribution in [-0.2, 0) is 6.42 Å². The second-order valence-corrected chi connectivity index (χ2v) is 4.29. The van der Waals surface area contributed by atoms with Crippen molar-refractivity contribution < 1.29 is 8.78 Å². The van der Waals surface area contributed by atoms with Gasteiger partial charge in [0.15, 0.2) is 0 Å². The van der Waals surface area contributed by atoms with Crippen molar-refractivity contribution in [3.63, 3.8) is 0 Å². The van der Waals surface area contributed by atoms with Crippen LogP contribution in [0, 0.1) is 6.92 Å². The molecule has 1 atom stereocenters. The minimum Gasteiger partial charge on any atom is -0.304 e. The molecule has 5 heteroatoms. The Bertz CT molecular complexity index is 311. The highest BCUT2D eigenvalue weighted by Crippen LogP contribution is 2.32. The second-order valence-electron chi connectivity index (χ2n) is 3.06.